The van der Waals surface area contributed by atoms with E-state index < -0.39 is 10.0 Å². The lowest BCUT2D eigenvalue weighted by Gasteiger charge is -2.22. The zero-order valence-electron chi connectivity index (χ0n) is 10.4. The zero-order chi connectivity index (χ0) is 13.0. The number of nitrogens with two attached hydrogens (primary N) is 1. The maximum absolute atomic E-state index is 12.0. The van der Waals surface area contributed by atoms with Crippen LogP contribution in [0.4, 0.5) is 5.69 Å². The molecule has 18 heavy (non-hydrogen) atoms. The fraction of sp³-hybridized carbons (Fsp3) is 0.538. The molecule has 0 bridgehead atoms. The first-order valence-corrected chi connectivity index (χ1v) is 8.05. The van der Waals surface area contributed by atoms with Crippen molar-refractivity contribution in [3.05, 3.63) is 29.8 Å². The van der Waals surface area contributed by atoms with Crippen molar-refractivity contribution in [3.63, 3.8) is 0 Å². The topological polar surface area (TPSA) is 72.2 Å². The average molecular weight is 268 g/mol. The standard InChI is InChI=1S/C13H20N2O2S/c14-12-8-6-11(7-9-12)10-18(16,17)15-13-4-2-1-3-5-13/h6-9,13,15H,1-5,10,14H2. The number of sulfonamides is 1. The molecule has 0 amide bonds. The summed E-state index contributed by atoms with van der Waals surface area (Å²) in [6.07, 6.45) is 5.38. The van der Waals surface area contributed by atoms with Gasteiger partial charge in [0, 0.05) is 11.7 Å². The second kappa shape index (κ2) is 5.71. The van der Waals surface area contributed by atoms with Gasteiger partial charge in [-0.3, -0.25) is 0 Å². The molecule has 1 fully saturated rings. The van der Waals surface area contributed by atoms with Gasteiger partial charge in [-0.25, -0.2) is 13.1 Å². The van der Waals surface area contributed by atoms with Gasteiger partial charge in [0.05, 0.1) is 5.75 Å². The highest BCUT2D eigenvalue weighted by Gasteiger charge is 2.20. The zero-order valence-corrected chi connectivity index (χ0v) is 11.2. The van der Waals surface area contributed by atoms with Crippen molar-refractivity contribution >= 4 is 15.7 Å². The highest BCUT2D eigenvalue weighted by atomic mass is 32.2. The highest BCUT2D eigenvalue weighted by molar-refractivity contribution is 7.88. The summed E-state index contributed by atoms with van der Waals surface area (Å²) in [5.74, 6) is 0.0315. The third-order valence-corrected chi connectivity index (χ3v) is 4.69. The van der Waals surface area contributed by atoms with Crippen molar-refractivity contribution in [3.8, 4) is 0 Å². The quantitative estimate of drug-likeness (QED) is 0.821. The van der Waals surface area contributed by atoms with Crippen LogP contribution in [0, 0.1) is 0 Å². The summed E-state index contributed by atoms with van der Waals surface area (Å²) in [7, 11) is -3.24. The Morgan fingerprint density at radius 1 is 1.11 bits per heavy atom. The van der Waals surface area contributed by atoms with Gasteiger partial charge in [-0.15, -0.1) is 0 Å². The Morgan fingerprint density at radius 3 is 2.33 bits per heavy atom. The first-order valence-electron chi connectivity index (χ1n) is 6.39. The van der Waals surface area contributed by atoms with Gasteiger partial charge in [0.1, 0.15) is 0 Å². The molecule has 1 aromatic carbocycles. The minimum Gasteiger partial charge on any atom is -0.399 e. The fourth-order valence-corrected chi connectivity index (χ4v) is 3.81. The average Bonchev–Trinajstić information content (AvgIpc) is 2.32. The van der Waals surface area contributed by atoms with E-state index in [9.17, 15) is 8.42 Å². The Balaban J connectivity index is 1.96. The molecule has 1 saturated carbocycles. The van der Waals surface area contributed by atoms with E-state index in [1.54, 1.807) is 24.3 Å². The van der Waals surface area contributed by atoms with Crippen LogP contribution >= 0.6 is 0 Å². The number of nitrogens with one attached hydrogen (secondary N) is 1. The fourth-order valence-electron chi connectivity index (χ4n) is 2.35. The number of rotatable bonds is 4. The summed E-state index contributed by atoms with van der Waals surface area (Å²) >= 11 is 0. The second-order valence-corrected chi connectivity index (χ2v) is 6.71. The van der Waals surface area contributed by atoms with Crippen LogP contribution in [0.1, 0.15) is 37.7 Å². The largest absolute Gasteiger partial charge is 0.399 e. The van der Waals surface area contributed by atoms with Crippen molar-refractivity contribution in [2.24, 2.45) is 0 Å². The van der Waals surface area contributed by atoms with Gasteiger partial charge in [-0.05, 0) is 30.5 Å². The van der Waals surface area contributed by atoms with E-state index in [2.05, 4.69) is 4.72 Å². The molecule has 4 nitrogen and oxygen atoms in total. The van der Waals surface area contributed by atoms with Crippen LogP contribution in [-0.2, 0) is 15.8 Å². The van der Waals surface area contributed by atoms with Crippen LogP contribution in [-0.4, -0.2) is 14.5 Å². The number of benzene rings is 1. The molecule has 0 radical (unpaired) electrons. The van der Waals surface area contributed by atoms with E-state index in [4.69, 9.17) is 5.73 Å². The Hall–Kier alpha value is -1.07. The Morgan fingerprint density at radius 2 is 1.72 bits per heavy atom. The predicted octanol–water partition coefficient (Wildman–Crippen LogP) is 2.02. The Labute approximate surface area is 109 Å². The van der Waals surface area contributed by atoms with E-state index >= 15 is 0 Å². The van der Waals surface area contributed by atoms with Crippen LogP contribution in [0.3, 0.4) is 0 Å². The minimum atomic E-state index is -3.24. The van der Waals surface area contributed by atoms with Crippen molar-refractivity contribution in [1.82, 2.24) is 4.72 Å². The second-order valence-electron chi connectivity index (χ2n) is 4.95. The smallest absolute Gasteiger partial charge is 0.216 e. The van der Waals surface area contributed by atoms with E-state index in [1.165, 1.54) is 6.42 Å². The van der Waals surface area contributed by atoms with Crippen LogP contribution in [0.15, 0.2) is 24.3 Å². The molecule has 0 atom stereocenters. The third kappa shape index (κ3) is 3.99. The van der Waals surface area contributed by atoms with Crippen molar-refractivity contribution in [1.29, 1.82) is 0 Å². The molecule has 0 aliphatic heterocycles. The van der Waals surface area contributed by atoms with Crippen LogP contribution in [0.2, 0.25) is 0 Å². The summed E-state index contributed by atoms with van der Waals surface area (Å²) in [6.45, 7) is 0. The van der Waals surface area contributed by atoms with Gasteiger partial charge < -0.3 is 5.73 Å². The van der Waals surface area contributed by atoms with Gasteiger partial charge in [-0.1, -0.05) is 31.4 Å². The van der Waals surface area contributed by atoms with Crippen LogP contribution < -0.4 is 10.5 Å². The molecule has 2 rings (SSSR count). The molecule has 0 saturated heterocycles. The monoisotopic (exact) mass is 268 g/mol. The predicted molar refractivity (Wildman–Crippen MR) is 73.5 cm³/mol. The minimum absolute atomic E-state index is 0.0315. The number of hydrogen-bond donors (Lipinski definition) is 2. The van der Waals surface area contributed by atoms with Crippen LogP contribution in [0.5, 0.6) is 0 Å². The first kappa shape index (κ1) is 13.4. The number of nitrogen functional groups attached to an aromatic ring is 1. The van der Waals surface area contributed by atoms with Crippen molar-refractivity contribution in [2.45, 2.75) is 43.9 Å². The molecule has 0 spiro atoms. The van der Waals surface area contributed by atoms with E-state index in [-0.39, 0.29) is 11.8 Å². The molecule has 0 unspecified atom stereocenters. The van der Waals surface area contributed by atoms with E-state index in [1.807, 2.05) is 0 Å². The van der Waals surface area contributed by atoms with Gasteiger partial charge in [-0.2, -0.15) is 0 Å². The molecular formula is C13H20N2O2S. The maximum atomic E-state index is 12.0. The Bertz CT molecular complexity index is 476. The summed E-state index contributed by atoms with van der Waals surface area (Å²) in [5.41, 5.74) is 7.00. The Kier molecular flexibility index (Phi) is 4.24. The van der Waals surface area contributed by atoms with Crippen LogP contribution in [0.25, 0.3) is 0 Å². The normalized spacial score (nSPS) is 17.8. The lowest BCUT2D eigenvalue weighted by molar-refractivity contribution is 0.412. The molecule has 100 valence electrons. The molecule has 3 N–H and O–H groups in total. The van der Waals surface area contributed by atoms with Gasteiger partial charge in [0.2, 0.25) is 10.0 Å². The molecule has 0 heterocycles. The molecule has 1 aliphatic carbocycles. The van der Waals surface area contributed by atoms with Gasteiger partial charge in [0.15, 0.2) is 0 Å². The SMILES string of the molecule is Nc1ccc(CS(=O)(=O)NC2CCCCC2)cc1. The van der Waals surface area contributed by atoms with E-state index in [0.717, 1.165) is 31.2 Å². The highest BCUT2D eigenvalue weighted by Crippen LogP contribution is 2.19. The molecule has 0 aromatic heterocycles. The molecule has 5 heteroatoms. The summed E-state index contributed by atoms with van der Waals surface area (Å²) in [6, 6.07) is 7.10. The maximum Gasteiger partial charge on any atom is 0.216 e. The summed E-state index contributed by atoms with van der Waals surface area (Å²) in [5, 5.41) is 0. The lowest BCUT2D eigenvalue weighted by atomic mass is 9.96. The summed E-state index contributed by atoms with van der Waals surface area (Å²) in [4.78, 5) is 0. The van der Waals surface area contributed by atoms with Crippen molar-refractivity contribution in [2.75, 3.05) is 5.73 Å². The number of anilines is 1. The van der Waals surface area contributed by atoms with E-state index in [0.29, 0.717) is 5.69 Å². The summed E-state index contributed by atoms with van der Waals surface area (Å²) < 4.78 is 26.8. The van der Waals surface area contributed by atoms with Gasteiger partial charge >= 0.3 is 0 Å². The van der Waals surface area contributed by atoms with Gasteiger partial charge in [0.25, 0.3) is 0 Å². The first-order chi connectivity index (χ1) is 8.55. The number of hydrogen-bond acceptors (Lipinski definition) is 3. The molecule has 1 aromatic rings. The van der Waals surface area contributed by atoms with Crippen molar-refractivity contribution < 1.29 is 8.42 Å². The lowest BCUT2D eigenvalue weighted by Crippen LogP contribution is -2.36. The third-order valence-electron chi connectivity index (χ3n) is 3.29. The molecule has 1 aliphatic rings. The molecular weight excluding hydrogens is 248 g/mol.